The maximum absolute atomic E-state index is 11.5. The van der Waals surface area contributed by atoms with E-state index in [1.807, 2.05) is 0 Å². The van der Waals surface area contributed by atoms with Crippen LogP contribution in [0, 0.1) is 0 Å². The van der Waals surface area contributed by atoms with Crippen LogP contribution in [0.4, 0.5) is 5.13 Å². The average Bonchev–Trinajstić information content (AvgIpc) is 2.91. The Morgan fingerprint density at radius 2 is 2.16 bits per heavy atom. The minimum atomic E-state index is -1.13. The highest BCUT2D eigenvalue weighted by Crippen LogP contribution is 2.36. The predicted octanol–water partition coefficient (Wildman–Crippen LogP) is 2.81. The van der Waals surface area contributed by atoms with Crippen molar-refractivity contribution in [3.8, 4) is 0 Å². The molecule has 1 aromatic heterocycles. The molecule has 0 saturated carbocycles. The number of carbonyl (C=O) groups is 2. The Labute approximate surface area is 116 Å². The predicted molar refractivity (Wildman–Crippen MR) is 74.3 cm³/mol. The van der Waals surface area contributed by atoms with Crippen LogP contribution in [0.2, 0.25) is 0 Å². The van der Waals surface area contributed by atoms with Crippen LogP contribution < -0.4 is 4.90 Å². The molecule has 1 saturated heterocycles. The summed E-state index contributed by atoms with van der Waals surface area (Å²) in [6.45, 7) is 5.62. The van der Waals surface area contributed by atoms with Crippen LogP contribution in [0.25, 0.3) is 0 Å². The molecule has 0 aliphatic carbocycles. The van der Waals surface area contributed by atoms with Crippen LogP contribution in [-0.4, -0.2) is 33.9 Å². The normalized spacial score (nSPS) is 22.8. The van der Waals surface area contributed by atoms with Gasteiger partial charge < -0.3 is 10.0 Å². The number of anilines is 1. The van der Waals surface area contributed by atoms with E-state index in [-0.39, 0.29) is 16.4 Å². The fourth-order valence-electron chi connectivity index (χ4n) is 2.62. The Morgan fingerprint density at radius 1 is 1.47 bits per heavy atom. The molecule has 2 atom stereocenters. The zero-order valence-electron chi connectivity index (χ0n) is 11.3. The first-order chi connectivity index (χ1) is 8.95. The molecule has 1 N–H and O–H groups in total. The van der Waals surface area contributed by atoms with Crippen molar-refractivity contribution in [1.29, 1.82) is 0 Å². The van der Waals surface area contributed by atoms with Gasteiger partial charge in [-0.25, -0.2) is 9.78 Å². The van der Waals surface area contributed by atoms with Gasteiger partial charge in [-0.05, 0) is 26.2 Å². The van der Waals surface area contributed by atoms with Crippen LogP contribution in [0.5, 0.6) is 0 Å². The molecule has 0 spiro atoms. The molecule has 1 aliphatic rings. The van der Waals surface area contributed by atoms with Crippen molar-refractivity contribution in [3.63, 3.8) is 0 Å². The summed E-state index contributed by atoms with van der Waals surface area (Å²) >= 11 is 1.20. The van der Waals surface area contributed by atoms with E-state index >= 15 is 0 Å². The number of thiazole rings is 1. The largest absolute Gasteiger partial charge is 0.476 e. The van der Waals surface area contributed by atoms with Crippen LogP contribution in [0.15, 0.2) is 0 Å². The summed E-state index contributed by atoms with van der Waals surface area (Å²) in [5.74, 6) is -1.37. The second-order valence-electron chi connectivity index (χ2n) is 4.93. The molecule has 5 nitrogen and oxygen atoms in total. The molecule has 2 unspecified atom stereocenters. The fourth-order valence-corrected chi connectivity index (χ4v) is 3.75. The van der Waals surface area contributed by atoms with Gasteiger partial charge in [0.05, 0.1) is 0 Å². The van der Waals surface area contributed by atoms with Crippen LogP contribution in [-0.2, 0) is 0 Å². The molecular weight excluding hydrogens is 264 g/mol. The summed E-state index contributed by atoms with van der Waals surface area (Å²) in [6.07, 6.45) is 3.17. The molecule has 2 heterocycles. The molecule has 1 aromatic rings. The second-order valence-corrected chi connectivity index (χ2v) is 5.91. The number of aromatic nitrogens is 1. The Hall–Kier alpha value is -1.43. The molecule has 0 aromatic carbocycles. The van der Waals surface area contributed by atoms with Gasteiger partial charge >= 0.3 is 5.97 Å². The van der Waals surface area contributed by atoms with Gasteiger partial charge in [-0.1, -0.05) is 18.3 Å². The van der Waals surface area contributed by atoms with E-state index in [0.29, 0.717) is 17.2 Å². The van der Waals surface area contributed by atoms with Crippen molar-refractivity contribution >= 4 is 28.2 Å². The van der Waals surface area contributed by atoms with E-state index in [2.05, 4.69) is 23.7 Å². The lowest BCUT2D eigenvalue weighted by molar-refractivity contribution is 0.0687. The SMILES string of the molecule is CCC1CCC(C)N1c1nc(C(=O)O)c(C(C)=O)s1. The Morgan fingerprint density at radius 3 is 2.63 bits per heavy atom. The van der Waals surface area contributed by atoms with Crippen LogP contribution in [0.1, 0.15) is 60.2 Å². The number of aromatic carboxylic acids is 1. The minimum Gasteiger partial charge on any atom is -0.476 e. The highest BCUT2D eigenvalue weighted by atomic mass is 32.1. The number of hydrogen-bond acceptors (Lipinski definition) is 5. The molecule has 104 valence electrons. The van der Waals surface area contributed by atoms with Crippen molar-refractivity contribution in [2.24, 2.45) is 0 Å². The number of nitrogens with zero attached hydrogens (tertiary/aromatic N) is 2. The fraction of sp³-hybridized carbons (Fsp3) is 0.615. The molecule has 1 aliphatic heterocycles. The maximum Gasteiger partial charge on any atom is 0.356 e. The number of hydrogen-bond donors (Lipinski definition) is 1. The first-order valence-corrected chi connectivity index (χ1v) is 7.30. The molecule has 6 heteroatoms. The van der Waals surface area contributed by atoms with Crippen LogP contribution in [0.3, 0.4) is 0 Å². The van der Waals surface area contributed by atoms with E-state index in [1.54, 1.807) is 0 Å². The molecule has 1 fully saturated rings. The molecule has 0 amide bonds. The number of carboxylic acids is 1. The third-order valence-electron chi connectivity index (χ3n) is 3.62. The standard InChI is InChI=1S/C13H18N2O3S/c1-4-9-6-5-7(2)15(9)13-14-10(12(17)18)11(19-13)8(3)16/h7,9H,4-6H2,1-3H3,(H,17,18). The van der Waals surface area contributed by atoms with Gasteiger partial charge in [-0.2, -0.15) is 0 Å². The quantitative estimate of drug-likeness (QED) is 0.860. The monoisotopic (exact) mass is 282 g/mol. The smallest absolute Gasteiger partial charge is 0.356 e. The van der Waals surface area contributed by atoms with E-state index in [9.17, 15) is 9.59 Å². The zero-order chi connectivity index (χ0) is 14.2. The van der Waals surface area contributed by atoms with Gasteiger partial charge in [0.15, 0.2) is 16.6 Å². The number of ketones is 1. The molecular formula is C13H18N2O3S. The minimum absolute atomic E-state index is 0.110. The zero-order valence-corrected chi connectivity index (χ0v) is 12.2. The average molecular weight is 282 g/mol. The van der Waals surface area contributed by atoms with Crippen LogP contribution >= 0.6 is 11.3 Å². The van der Waals surface area contributed by atoms with Crippen molar-refractivity contribution in [2.75, 3.05) is 4.90 Å². The lowest BCUT2D eigenvalue weighted by Gasteiger charge is -2.27. The van der Waals surface area contributed by atoms with Crippen molar-refractivity contribution in [1.82, 2.24) is 4.98 Å². The Bertz CT molecular complexity index is 480. The lowest BCUT2D eigenvalue weighted by atomic mass is 10.2. The van der Waals surface area contributed by atoms with E-state index < -0.39 is 5.97 Å². The summed E-state index contributed by atoms with van der Waals surface area (Å²) in [6, 6.07) is 0.736. The lowest BCUT2D eigenvalue weighted by Crippen LogP contribution is -2.34. The summed E-state index contributed by atoms with van der Waals surface area (Å²) in [5, 5.41) is 9.80. The van der Waals surface area contributed by atoms with Crippen molar-refractivity contribution in [2.45, 2.75) is 52.1 Å². The van der Waals surface area contributed by atoms with Gasteiger partial charge in [-0.15, -0.1) is 0 Å². The van der Waals surface area contributed by atoms with Gasteiger partial charge in [0.25, 0.3) is 0 Å². The summed E-state index contributed by atoms with van der Waals surface area (Å²) in [7, 11) is 0. The molecule has 0 radical (unpaired) electrons. The Balaban J connectivity index is 2.42. The topological polar surface area (TPSA) is 70.5 Å². The third-order valence-corrected chi connectivity index (χ3v) is 4.79. The first kappa shape index (κ1) is 14.0. The highest BCUT2D eigenvalue weighted by molar-refractivity contribution is 7.17. The van der Waals surface area contributed by atoms with Gasteiger partial charge in [0.1, 0.15) is 4.88 Å². The third kappa shape index (κ3) is 2.49. The maximum atomic E-state index is 11.5. The number of Topliss-reactive ketones (excluding diaryl/α,β-unsaturated/α-hetero) is 1. The first-order valence-electron chi connectivity index (χ1n) is 6.49. The van der Waals surface area contributed by atoms with E-state index in [0.717, 1.165) is 19.3 Å². The Kier molecular flexibility index (Phi) is 3.89. The van der Waals surface area contributed by atoms with Crippen molar-refractivity contribution in [3.05, 3.63) is 10.6 Å². The molecule has 19 heavy (non-hydrogen) atoms. The number of rotatable bonds is 4. The second kappa shape index (κ2) is 5.28. The van der Waals surface area contributed by atoms with E-state index in [4.69, 9.17) is 5.11 Å². The highest BCUT2D eigenvalue weighted by Gasteiger charge is 2.33. The van der Waals surface area contributed by atoms with Crippen molar-refractivity contribution < 1.29 is 14.7 Å². The van der Waals surface area contributed by atoms with Gasteiger partial charge in [0, 0.05) is 19.0 Å². The van der Waals surface area contributed by atoms with Gasteiger partial charge in [-0.3, -0.25) is 4.79 Å². The summed E-state index contributed by atoms with van der Waals surface area (Å²) in [5.41, 5.74) is -0.110. The molecule has 2 rings (SSSR count). The summed E-state index contributed by atoms with van der Waals surface area (Å²) in [4.78, 5) is 29.3. The number of carboxylic acid groups (broad SMARTS) is 1. The number of carbonyl (C=O) groups excluding carboxylic acids is 1. The summed E-state index contributed by atoms with van der Waals surface area (Å²) < 4.78 is 0. The van der Waals surface area contributed by atoms with Gasteiger partial charge in [0.2, 0.25) is 0 Å². The molecule has 0 bridgehead atoms. The van der Waals surface area contributed by atoms with E-state index in [1.165, 1.54) is 18.3 Å².